The molecule has 1 saturated carbocycles. The fourth-order valence-corrected chi connectivity index (χ4v) is 4.58. The van der Waals surface area contributed by atoms with E-state index in [4.69, 9.17) is 4.99 Å². The number of pyridine rings is 1. The predicted octanol–water partition coefficient (Wildman–Crippen LogP) is 3.39. The van der Waals surface area contributed by atoms with Crippen molar-refractivity contribution in [3.05, 3.63) is 42.6 Å². The quantitative estimate of drug-likeness (QED) is 0.666. The van der Waals surface area contributed by atoms with Crippen molar-refractivity contribution in [2.45, 2.75) is 52.0 Å². The molecule has 0 aromatic carbocycles. The number of hydrogen-bond donors (Lipinski definition) is 1. The highest BCUT2D eigenvalue weighted by molar-refractivity contribution is 5.80. The first-order valence-electron chi connectivity index (χ1n) is 10.3. The van der Waals surface area contributed by atoms with Gasteiger partial charge in [-0.3, -0.25) is 4.57 Å². The Balaban J connectivity index is 1.51. The summed E-state index contributed by atoms with van der Waals surface area (Å²) in [6.07, 6.45) is 15.6. The molecule has 3 heterocycles. The molecule has 1 aliphatic heterocycles. The molecule has 27 heavy (non-hydrogen) atoms. The zero-order chi connectivity index (χ0) is 18.5. The van der Waals surface area contributed by atoms with Crippen LogP contribution in [0.1, 0.15) is 51.0 Å². The van der Waals surface area contributed by atoms with Crippen molar-refractivity contribution >= 4 is 5.96 Å². The topological polar surface area (TPSA) is 58.3 Å². The highest BCUT2D eigenvalue weighted by Gasteiger charge is 2.39. The highest BCUT2D eigenvalue weighted by atomic mass is 15.3. The Labute approximate surface area is 161 Å². The van der Waals surface area contributed by atoms with Crippen molar-refractivity contribution < 1.29 is 0 Å². The Morgan fingerprint density at radius 2 is 2.11 bits per heavy atom. The molecule has 2 aromatic rings. The molecular weight excluding hydrogens is 336 g/mol. The van der Waals surface area contributed by atoms with Gasteiger partial charge in [-0.05, 0) is 37.7 Å². The molecule has 2 fully saturated rings. The highest BCUT2D eigenvalue weighted by Crippen LogP contribution is 2.43. The Bertz CT molecular complexity index is 761. The largest absolute Gasteiger partial charge is 0.357 e. The molecule has 0 radical (unpaired) electrons. The Kier molecular flexibility index (Phi) is 5.41. The summed E-state index contributed by atoms with van der Waals surface area (Å²) < 4.78 is 1.95. The second-order valence-electron chi connectivity index (χ2n) is 7.86. The minimum absolute atomic E-state index is 0.532. The molecular formula is C21H30N6. The van der Waals surface area contributed by atoms with E-state index >= 15 is 0 Å². The van der Waals surface area contributed by atoms with Crippen LogP contribution in [0.4, 0.5) is 0 Å². The van der Waals surface area contributed by atoms with E-state index in [0.717, 1.165) is 37.0 Å². The van der Waals surface area contributed by atoms with E-state index < -0.39 is 0 Å². The van der Waals surface area contributed by atoms with Crippen LogP contribution in [0.15, 0.2) is 42.0 Å². The molecule has 1 N–H and O–H groups in total. The first kappa shape index (κ1) is 18.0. The van der Waals surface area contributed by atoms with Crippen LogP contribution < -0.4 is 5.32 Å². The van der Waals surface area contributed by atoms with Crippen LogP contribution in [0.5, 0.6) is 0 Å². The minimum atomic E-state index is 0.532. The van der Waals surface area contributed by atoms with E-state index in [9.17, 15) is 0 Å². The van der Waals surface area contributed by atoms with Crippen LogP contribution in [-0.4, -0.2) is 45.0 Å². The van der Waals surface area contributed by atoms with E-state index in [1.165, 1.54) is 38.5 Å². The normalized spacial score (nSPS) is 19.6. The van der Waals surface area contributed by atoms with Gasteiger partial charge < -0.3 is 10.2 Å². The van der Waals surface area contributed by atoms with Gasteiger partial charge in [-0.2, -0.15) is 0 Å². The van der Waals surface area contributed by atoms with Gasteiger partial charge in [0.25, 0.3) is 0 Å². The van der Waals surface area contributed by atoms with Crippen LogP contribution in [0.2, 0.25) is 0 Å². The zero-order valence-electron chi connectivity index (χ0n) is 16.3. The van der Waals surface area contributed by atoms with E-state index in [1.54, 1.807) is 12.5 Å². The molecule has 2 aliphatic rings. The summed E-state index contributed by atoms with van der Waals surface area (Å²) in [7, 11) is 0. The van der Waals surface area contributed by atoms with E-state index in [2.05, 4.69) is 33.2 Å². The lowest BCUT2D eigenvalue weighted by atomic mass is 9.73. The number of hydrogen-bond acceptors (Lipinski definition) is 3. The number of aromatic nitrogens is 3. The third-order valence-electron chi connectivity index (χ3n) is 6.00. The number of likely N-dealkylation sites (tertiary alicyclic amines) is 1. The van der Waals surface area contributed by atoms with Crippen molar-refractivity contribution in [1.82, 2.24) is 24.8 Å². The molecule has 6 nitrogen and oxygen atoms in total. The molecule has 0 bridgehead atoms. The number of rotatable bonds is 4. The van der Waals surface area contributed by atoms with Gasteiger partial charge >= 0.3 is 0 Å². The summed E-state index contributed by atoms with van der Waals surface area (Å²) in [6, 6.07) is 4.08. The van der Waals surface area contributed by atoms with Crippen molar-refractivity contribution in [3.63, 3.8) is 0 Å². The fourth-order valence-electron chi connectivity index (χ4n) is 4.58. The number of aliphatic imine (C=N–C) groups is 1. The van der Waals surface area contributed by atoms with Gasteiger partial charge in [-0.25, -0.2) is 15.0 Å². The Morgan fingerprint density at radius 3 is 2.89 bits per heavy atom. The van der Waals surface area contributed by atoms with Gasteiger partial charge in [0.15, 0.2) is 5.96 Å². The molecule has 0 amide bonds. The van der Waals surface area contributed by atoms with Crippen molar-refractivity contribution in [2.24, 2.45) is 10.4 Å². The Hall–Kier alpha value is -2.37. The van der Waals surface area contributed by atoms with Crippen molar-refractivity contribution in [3.8, 4) is 5.82 Å². The van der Waals surface area contributed by atoms with Crippen LogP contribution in [0.25, 0.3) is 5.82 Å². The van der Waals surface area contributed by atoms with Gasteiger partial charge in [0.2, 0.25) is 0 Å². The van der Waals surface area contributed by atoms with Crippen molar-refractivity contribution in [1.29, 1.82) is 0 Å². The molecule has 1 saturated heterocycles. The molecule has 0 atom stereocenters. The van der Waals surface area contributed by atoms with Gasteiger partial charge in [-0.1, -0.05) is 25.3 Å². The lowest BCUT2D eigenvalue weighted by Gasteiger charge is -2.33. The standard InChI is InChI=1S/C21H30N6/c1-2-23-20(26-13-10-21(16-26)8-4-3-5-9-21)25-15-18-7-6-11-24-19(18)27-14-12-22-17-27/h6-7,11-12,14,17H,2-5,8-10,13,15-16H2,1H3,(H,23,25). The number of nitrogens with one attached hydrogen (secondary N) is 1. The average Bonchev–Trinajstić information content (AvgIpc) is 3.37. The maximum Gasteiger partial charge on any atom is 0.194 e. The number of imidazole rings is 1. The van der Waals surface area contributed by atoms with Crippen LogP contribution >= 0.6 is 0 Å². The van der Waals surface area contributed by atoms with E-state index in [1.807, 2.05) is 23.0 Å². The summed E-state index contributed by atoms with van der Waals surface area (Å²) in [5, 5.41) is 3.51. The van der Waals surface area contributed by atoms with Gasteiger partial charge in [0.05, 0.1) is 6.54 Å². The first-order chi connectivity index (χ1) is 13.3. The molecule has 1 spiro atoms. The minimum Gasteiger partial charge on any atom is -0.357 e. The van der Waals surface area contributed by atoms with Gasteiger partial charge in [0.1, 0.15) is 12.1 Å². The number of guanidine groups is 1. The van der Waals surface area contributed by atoms with Crippen LogP contribution in [0, 0.1) is 5.41 Å². The summed E-state index contributed by atoms with van der Waals surface area (Å²) in [4.78, 5) is 16.1. The second-order valence-corrected chi connectivity index (χ2v) is 7.86. The fraction of sp³-hybridized carbons (Fsp3) is 0.571. The molecule has 0 unspecified atom stereocenters. The third kappa shape index (κ3) is 3.99. The summed E-state index contributed by atoms with van der Waals surface area (Å²) in [5.41, 5.74) is 1.64. The lowest BCUT2D eigenvalue weighted by Crippen LogP contribution is -2.41. The number of nitrogens with zero attached hydrogens (tertiary/aromatic N) is 5. The monoisotopic (exact) mass is 366 g/mol. The molecule has 144 valence electrons. The first-order valence-corrected chi connectivity index (χ1v) is 10.3. The Morgan fingerprint density at radius 1 is 1.22 bits per heavy atom. The molecule has 1 aliphatic carbocycles. The molecule has 6 heteroatoms. The average molecular weight is 367 g/mol. The summed E-state index contributed by atoms with van der Waals surface area (Å²) in [5.74, 6) is 1.94. The van der Waals surface area contributed by atoms with Gasteiger partial charge in [-0.15, -0.1) is 0 Å². The smallest absolute Gasteiger partial charge is 0.194 e. The van der Waals surface area contributed by atoms with Crippen LogP contribution in [-0.2, 0) is 6.54 Å². The summed E-state index contributed by atoms with van der Waals surface area (Å²) >= 11 is 0. The zero-order valence-corrected chi connectivity index (χ0v) is 16.3. The van der Waals surface area contributed by atoms with Crippen LogP contribution in [0.3, 0.4) is 0 Å². The maximum absolute atomic E-state index is 4.97. The third-order valence-corrected chi connectivity index (χ3v) is 6.00. The lowest BCUT2D eigenvalue weighted by molar-refractivity contribution is 0.203. The molecule has 4 rings (SSSR count). The van der Waals surface area contributed by atoms with E-state index in [-0.39, 0.29) is 0 Å². The summed E-state index contributed by atoms with van der Waals surface area (Å²) in [6.45, 7) is 5.92. The second kappa shape index (κ2) is 8.11. The maximum atomic E-state index is 4.97. The SMILES string of the molecule is CCNC(=NCc1cccnc1-n1ccnc1)N1CCC2(CCCCC2)C1. The van der Waals surface area contributed by atoms with Gasteiger partial charge in [0, 0.05) is 43.8 Å². The van der Waals surface area contributed by atoms with E-state index in [0.29, 0.717) is 12.0 Å². The molecule has 2 aromatic heterocycles. The van der Waals surface area contributed by atoms with Crippen molar-refractivity contribution in [2.75, 3.05) is 19.6 Å². The predicted molar refractivity (Wildman–Crippen MR) is 108 cm³/mol.